The minimum absolute atomic E-state index is 0.437. The number of aromatic nitrogens is 2. The zero-order valence-electron chi connectivity index (χ0n) is 17.4. The lowest BCUT2D eigenvalue weighted by Gasteiger charge is -2.37. The summed E-state index contributed by atoms with van der Waals surface area (Å²) in [5.74, 6) is 1.89. The molecular weight excluding hydrogens is 358 g/mol. The van der Waals surface area contributed by atoms with E-state index in [1.54, 1.807) is 11.1 Å². The van der Waals surface area contributed by atoms with Crippen LogP contribution in [0.2, 0.25) is 0 Å². The first-order chi connectivity index (χ1) is 14.3. The van der Waals surface area contributed by atoms with Gasteiger partial charge in [0.15, 0.2) is 0 Å². The van der Waals surface area contributed by atoms with Crippen LogP contribution in [0, 0.1) is 0 Å². The van der Waals surface area contributed by atoms with Gasteiger partial charge in [-0.15, -0.1) is 0 Å². The quantitative estimate of drug-likeness (QED) is 0.856. The van der Waals surface area contributed by atoms with Crippen molar-refractivity contribution >= 4 is 11.8 Å². The zero-order valence-corrected chi connectivity index (χ0v) is 17.4. The smallest absolute Gasteiger partial charge is 0.224 e. The SMILES string of the molecule is c1ccc2c(c1)CC(N1CCCC(Nc3nccc(N4CCCCCC4)n3)C1)C2. The highest BCUT2D eigenvalue weighted by atomic mass is 15.2. The van der Waals surface area contributed by atoms with Crippen molar-refractivity contribution in [2.75, 3.05) is 36.4 Å². The first-order valence-corrected chi connectivity index (χ1v) is 11.5. The molecule has 1 atom stereocenters. The fraction of sp³-hybridized carbons (Fsp3) is 0.583. The van der Waals surface area contributed by atoms with Gasteiger partial charge in [-0.3, -0.25) is 4.90 Å². The number of fused-ring (bicyclic) bond motifs is 1. The summed E-state index contributed by atoms with van der Waals surface area (Å²) in [5, 5.41) is 3.66. The van der Waals surface area contributed by atoms with Crippen molar-refractivity contribution in [1.29, 1.82) is 0 Å². The fourth-order valence-electron chi connectivity index (χ4n) is 5.33. The maximum absolute atomic E-state index is 4.87. The number of anilines is 2. The van der Waals surface area contributed by atoms with Crippen LogP contribution in [0.4, 0.5) is 11.8 Å². The van der Waals surface area contributed by atoms with Crippen LogP contribution in [-0.2, 0) is 12.8 Å². The van der Waals surface area contributed by atoms with Gasteiger partial charge >= 0.3 is 0 Å². The first kappa shape index (κ1) is 18.9. The van der Waals surface area contributed by atoms with Gasteiger partial charge in [0.05, 0.1) is 0 Å². The van der Waals surface area contributed by atoms with Gasteiger partial charge in [0.25, 0.3) is 0 Å². The highest BCUT2D eigenvalue weighted by Gasteiger charge is 2.30. The lowest BCUT2D eigenvalue weighted by atomic mass is 10.0. The molecule has 2 aromatic rings. The number of piperidine rings is 1. The number of rotatable bonds is 4. The fourth-order valence-corrected chi connectivity index (χ4v) is 5.33. The molecule has 0 bridgehead atoms. The molecule has 1 aromatic heterocycles. The van der Waals surface area contributed by atoms with Gasteiger partial charge < -0.3 is 10.2 Å². The molecule has 5 nitrogen and oxygen atoms in total. The van der Waals surface area contributed by atoms with Crippen LogP contribution in [0.25, 0.3) is 0 Å². The molecule has 0 radical (unpaired) electrons. The predicted octanol–water partition coefficient (Wildman–Crippen LogP) is 3.90. The number of benzene rings is 1. The van der Waals surface area contributed by atoms with Crippen molar-refractivity contribution in [2.45, 2.75) is 63.5 Å². The Hall–Kier alpha value is -2.14. The maximum Gasteiger partial charge on any atom is 0.224 e. The molecule has 1 unspecified atom stereocenters. The number of hydrogen-bond acceptors (Lipinski definition) is 5. The van der Waals surface area contributed by atoms with E-state index in [-0.39, 0.29) is 0 Å². The molecule has 0 amide bonds. The molecule has 2 fully saturated rings. The largest absolute Gasteiger partial charge is 0.356 e. The van der Waals surface area contributed by atoms with Gasteiger partial charge in [-0.25, -0.2) is 4.98 Å². The van der Waals surface area contributed by atoms with E-state index in [0.717, 1.165) is 31.4 Å². The van der Waals surface area contributed by atoms with Crippen LogP contribution in [0.1, 0.15) is 49.7 Å². The predicted molar refractivity (Wildman–Crippen MR) is 119 cm³/mol. The Morgan fingerprint density at radius 3 is 2.38 bits per heavy atom. The summed E-state index contributed by atoms with van der Waals surface area (Å²) in [7, 11) is 0. The second-order valence-electron chi connectivity index (χ2n) is 8.95. The lowest BCUT2D eigenvalue weighted by molar-refractivity contribution is 0.158. The van der Waals surface area contributed by atoms with Crippen molar-refractivity contribution in [3.8, 4) is 0 Å². The topological polar surface area (TPSA) is 44.3 Å². The third-order valence-electron chi connectivity index (χ3n) is 6.90. The lowest BCUT2D eigenvalue weighted by Crippen LogP contribution is -2.47. The molecule has 1 aromatic carbocycles. The van der Waals surface area contributed by atoms with Gasteiger partial charge in [-0.2, -0.15) is 4.98 Å². The molecular formula is C24H33N5. The molecule has 0 saturated carbocycles. The number of nitrogens with one attached hydrogen (secondary N) is 1. The summed E-state index contributed by atoms with van der Waals surface area (Å²) in [6.45, 7) is 4.55. The Balaban J connectivity index is 1.21. The summed E-state index contributed by atoms with van der Waals surface area (Å²) < 4.78 is 0. The van der Waals surface area contributed by atoms with Crippen molar-refractivity contribution in [3.05, 3.63) is 47.7 Å². The van der Waals surface area contributed by atoms with E-state index in [1.807, 2.05) is 6.20 Å². The monoisotopic (exact) mass is 391 g/mol. The molecule has 2 saturated heterocycles. The first-order valence-electron chi connectivity index (χ1n) is 11.5. The molecule has 2 aliphatic heterocycles. The van der Waals surface area contributed by atoms with E-state index in [1.165, 1.54) is 57.9 Å². The minimum atomic E-state index is 0.437. The van der Waals surface area contributed by atoms with Crippen LogP contribution in [0.3, 0.4) is 0 Å². The zero-order chi connectivity index (χ0) is 19.5. The van der Waals surface area contributed by atoms with Crippen LogP contribution >= 0.6 is 0 Å². The Morgan fingerprint density at radius 2 is 1.62 bits per heavy atom. The summed E-state index contributed by atoms with van der Waals surface area (Å²) in [4.78, 5) is 14.5. The normalized spacial score (nSPS) is 23.6. The second kappa shape index (κ2) is 8.70. The molecule has 5 rings (SSSR count). The van der Waals surface area contributed by atoms with Crippen molar-refractivity contribution in [3.63, 3.8) is 0 Å². The average molecular weight is 392 g/mol. The Kier molecular flexibility index (Phi) is 5.66. The molecule has 29 heavy (non-hydrogen) atoms. The van der Waals surface area contributed by atoms with Crippen LogP contribution in [0.15, 0.2) is 36.5 Å². The van der Waals surface area contributed by atoms with E-state index >= 15 is 0 Å². The third-order valence-corrected chi connectivity index (χ3v) is 6.90. The molecule has 154 valence electrons. The molecule has 0 spiro atoms. The number of likely N-dealkylation sites (tertiary alicyclic amines) is 1. The molecule has 1 aliphatic carbocycles. The highest BCUT2D eigenvalue weighted by molar-refractivity contribution is 5.43. The van der Waals surface area contributed by atoms with Crippen molar-refractivity contribution in [2.24, 2.45) is 0 Å². The van der Waals surface area contributed by atoms with Crippen molar-refractivity contribution in [1.82, 2.24) is 14.9 Å². The number of nitrogens with zero attached hydrogens (tertiary/aromatic N) is 4. The second-order valence-corrected chi connectivity index (χ2v) is 8.95. The van der Waals surface area contributed by atoms with E-state index in [0.29, 0.717) is 12.1 Å². The average Bonchev–Trinajstić information content (AvgIpc) is 3.00. The minimum Gasteiger partial charge on any atom is -0.356 e. The molecule has 3 aliphatic rings. The summed E-state index contributed by atoms with van der Waals surface area (Å²) in [5.41, 5.74) is 3.09. The molecule has 5 heteroatoms. The summed E-state index contributed by atoms with van der Waals surface area (Å²) in [6, 6.07) is 12.1. The Labute approximate surface area is 174 Å². The van der Waals surface area contributed by atoms with Crippen LogP contribution < -0.4 is 10.2 Å². The van der Waals surface area contributed by atoms with Gasteiger partial charge in [-0.05, 0) is 62.3 Å². The molecule has 3 heterocycles. The standard InChI is InChI=1S/C24H33N5/c1-2-6-14-28(13-5-1)23-11-12-25-24(27-23)26-21-10-7-15-29(18-21)22-16-19-8-3-4-9-20(19)17-22/h3-4,8-9,11-12,21-22H,1-2,5-7,10,13-18H2,(H,25,26,27). The van der Waals surface area contributed by atoms with Crippen LogP contribution in [-0.4, -0.2) is 53.1 Å². The number of hydrogen-bond donors (Lipinski definition) is 1. The van der Waals surface area contributed by atoms with E-state index in [9.17, 15) is 0 Å². The van der Waals surface area contributed by atoms with Gasteiger partial charge in [0, 0.05) is 37.9 Å². The Bertz CT molecular complexity index is 789. The third kappa shape index (κ3) is 4.40. The van der Waals surface area contributed by atoms with Crippen molar-refractivity contribution < 1.29 is 0 Å². The summed E-state index contributed by atoms with van der Waals surface area (Å²) in [6.07, 6.45) is 12.0. The van der Waals surface area contributed by atoms with E-state index in [2.05, 4.69) is 50.4 Å². The maximum atomic E-state index is 4.87. The summed E-state index contributed by atoms with van der Waals surface area (Å²) >= 11 is 0. The van der Waals surface area contributed by atoms with Gasteiger partial charge in [-0.1, -0.05) is 37.1 Å². The van der Waals surface area contributed by atoms with Gasteiger partial charge in [0.1, 0.15) is 5.82 Å². The Morgan fingerprint density at radius 1 is 0.862 bits per heavy atom. The molecule has 1 N–H and O–H groups in total. The van der Waals surface area contributed by atoms with E-state index < -0.39 is 0 Å². The highest BCUT2D eigenvalue weighted by Crippen LogP contribution is 2.28. The van der Waals surface area contributed by atoms with E-state index in [4.69, 9.17) is 4.98 Å². The van der Waals surface area contributed by atoms with Gasteiger partial charge in [0.2, 0.25) is 5.95 Å². The van der Waals surface area contributed by atoms with Crippen LogP contribution in [0.5, 0.6) is 0 Å².